The van der Waals surface area contributed by atoms with Crippen molar-refractivity contribution in [3.8, 4) is 0 Å². The molecule has 1 fully saturated rings. The predicted octanol–water partition coefficient (Wildman–Crippen LogP) is 1.91. The predicted molar refractivity (Wildman–Crippen MR) is 102 cm³/mol. The van der Waals surface area contributed by atoms with Crippen LogP contribution in [0.2, 0.25) is 0 Å². The number of methoxy groups -OCH3 is 1. The zero-order chi connectivity index (χ0) is 18.7. The molecule has 6 heteroatoms. The molecule has 0 radical (unpaired) electrons. The average Bonchev–Trinajstić information content (AvgIpc) is 2.97. The van der Waals surface area contributed by atoms with Crippen molar-refractivity contribution in [2.75, 3.05) is 32.1 Å². The van der Waals surface area contributed by atoms with E-state index in [1.165, 1.54) is 24.9 Å². The summed E-state index contributed by atoms with van der Waals surface area (Å²) in [6.45, 7) is 7.35. The summed E-state index contributed by atoms with van der Waals surface area (Å²) >= 11 is 0. The molecule has 1 aromatic heterocycles. The van der Waals surface area contributed by atoms with Crippen molar-refractivity contribution in [1.29, 1.82) is 0 Å². The summed E-state index contributed by atoms with van der Waals surface area (Å²) in [6, 6.07) is 5.84. The quantitative estimate of drug-likeness (QED) is 0.715. The van der Waals surface area contributed by atoms with E-state index in [2.05, 4.69) is 17.2 Å². The Morgan fingerprint density at radius 3 is 2.92 bits per heavy atom. The fraction of sp³-hybridized carbons (Fsp3) is 0.500. The minimum absolute atomic E-state index is 0.0664. The maximum atomic E-state index is 12.5. The number of rotatable bonds is 5. The van der Waals surface area contributed by atoms with Gasteiger partial charge in [0.25, 0.3) is 0 Å². The summed E-state index contributed by atoms with van der Waals surface area (Å²) in [5, 5.41) is 3.77. The fourth-order valence-electron chi connectivity index (χ4n) is 3.81. The number of quaternary nitrogens is 1. The van der Waals surface area contributed by atoms with Crippen LogP contribution in [0.15, 0.2) is 18.2 Å². The molecule has 1 aliphatic rings. The summed E-state index contributed by atoms with van der Waals surface area (Å²) in [7, 11) is 1.34. The van der Waals surface area contributed by atoms with E-state index in [1.54, 1.807) is 0 Å². The van der Waals surface area contributed by atoms with Crippen LogP contribution in [0, 0.1) is 12.8 Å². The first kappa shape index (κ1) is 18.5. The van der Waals surface area contributed by atoms with E-state index in [4.69, 9.17) is 4.74 Å². The molecule has 1 unspecified atom stereocenters. The van der Waals surface area contributed by atoms with Gasteiger partial charge in [0.15, 0.2) is 0 Å². The molecule has 1 aromatic carbocycles. The van der Waals surface area contributed by atoms with Crippen molar-refractivity contribution in [1.82, 2.24) is 4.98 Å². The van der Waals surface area contributed by atoms with E-state index in [-0.39, 0.29) is 5.91 Å². The van der Waals surface area contributed by atoms with Crippen LogP contribution in [0.1, 0.15) is 42.2 Å². The standard InChI is InChI=1S/C20H27N3O3/c1-13-6-7-16-15(11-13)18(19(21-16)20(25)26-3)22-17(24)8-10-23-9-4-5-14(2)12-23/h6-7,11,14,21H,4-5,8-10,12H2,1-3H3,(H,22,24)/p+1/t14-/m1/s1. The molecule has 0 aliphatic carbocycles. The number of piperidine rings is 1. The number of amides is 1. The monoisotopic (exact) mass is 358 g/mol. The van der Waals surface area contributed by atoms with Crippen LogP contribution in [0.25, 0.3) is 10.9 Å². The first-order valence-corrected chi connectivity index (χ1v) is 9.32. The second-order valence-corrected chi connectivity index (χ2v) is 7.42. The highest BCUT2D eigenvalue weighted by molar-refractivity contribution is 6.11. The van der Waals surface area contributed by atoms with E-state index in [0.717, 1.165) is 42.0 Å². The van der Waals surface area contributed by atoms with Crippen LogP contribution in [0.4, 0.5) is 5.69 Å². The van der Waals surface area contributed by atoms with E-state index in [1.807, 2.05) is 25.1 Å². The molecule has 1 aliphatic heterocycles. The van der Waals surface area contributed by atoms with Gasteiger partial charge in [-0.3, -0.25) is 4.79 Å². The highest BCUT2D eigenvalue weighted by Gasteiger charge is 2.23. The summed E-state index contributed by atoms with van der Waals surface area (Å²) in [4.78, 5) is 29.2. The SMILES string of the molecule is COC(=O)c1[nH]c2ccc(C)cc2c1NC(=O)CC[NH+]1CCC[C@@H](C)C1. The smallest absolute Gasteiger partial charge is 0.356 e. The molecule has 0 spiro atoms. The fourth-order valence-corrected chi connectivity index (χ4v) is 3.81. The van der Waals surface area contributed by atoms with Crippen LogP contribution in [-0.2, 0) is 9.53 Å². The lowest BCUT2D eigenvalue weighted by atomic mass is 10.0. The summed E-state index contributed by atoms with van der Waals surface area (Å²) in [5.41, 5.74) is 2.68. The number of fused-ring (bicyclic) bond motifs is 1. The number of aryl methyl sites for hydroxylation is 1. The number of hydrogen-bond acceptors (Lipinski definition) is 3. The van der Waals surface area contributed by atoms with Crippen molar-refractivity contribution < 1.29 is 19.2 Å². The Bertz CT molecular complexity index is 812. The maximum Gasteiger partial charge on any atom is 0.356 e. The van der Waals surface area contributed by atoms with Crippen molar-refractivity contribution in [3.63, 3.8) is 0 Å². The Morgan fingerprint density at radius 2 is 2.19 bits per heavy atom. The lowest BCUT2D eigenvalue weighted by Crippen LogP contribution is -3.13. The molecular formula is C20H28N3O3+. The van der Waals surface area contributed by atoms with Crippen LogP contribution in [0.3, 0.4) is 0 Å². The van der Waals surface area contributed by atoms with Crippen molar-refractivity contribution in [2.24, 2.45) is 5.92 Å². The third-order valence-electron chi connectivity index (χ3n) is 5.18. The van der Waals surface area contributed by atoms with Gasteiger partial charge in [-0.25, -0.2) is 4.79 Å². The van der Waals surface area contributed by atoms with Gasteiger partial charge in [0, 0.05) is 16.8 Å². The lowest BCUT2D eigenvalue weighted by molar-refractivity contribution is -0.907. The van der Waals surface area contributed by atoms with Gasteiger partial charge >= 0.3 is 5.97 Å². The molecule has 2 aromatic rings. The van der Waals surface area contributed by atoms with Gasteiger partial charge in [-0.05, 0) is 31.9 Å². The zero-order valence-corrected chi connectivity index (χ0v) is 15.8. The van der Waals surface area contributed by atoms with Crippen LogP contribution in [0.5, 0.6) is 0 Å². The number of hydrogen-bond donors (Lipinski definition) is 3. The van der Waals surface area contributed by atoms with E-state index in [9.17, 15) is 9.59 Å². The molecular weight excluding hydrogens is 330 g/mol. The van der Waals surface area contributed by atoms with Gasteiger partial charge in [0.05, 0.1) is 38.9 Å². The number of aromatic nitrogens is 1. The van der Waals surface area contributed by atoms with Crippen molar-refractivity contribution in [3.05, 3.63) is 29.5 Å². The third-order valence-corrected chi connectivity index (χ3v) is 5.18. The highest BCUT2D eigenvalue weighted by atomic mass is 16.5. The average molecular weight is 358 g/mol. The van der Waals surface area contributed by atoms with Gasteiger partial charge in [0.1, 0.15) is 5.69 Å². The number of H-pyrrole nitrogens is 1. The number of benzene rings is 1. The molecule has 2 heterocycles. The number of aromatic amines is 1. The molecule has 1 amide bonds. The molecule has 0 bridgehead atoms. The Morgan fingerprint density at radius 1 is 1.38 bits per heavy atom. The third kappa shape index (κ3) is 4.07. The number of likely N-dealkylation sites (tertiary alicyclic amines) is 1. The molecule has 6 nitrogen and oxygen atoms in total. The molecule has 3 rings (SSSR count). The van der Waals surface area contributed by atoms with Crippen molar-refractivity contribution in [2.45, 2.75) is 33.1 Å². The van der Waals surface area contributed by atoms with Gasteiger partial charge in [-0.15, -0.1) is 0 Å². The first-order valence-electron chi connectivity index (χ1n) is 9.32. The highest BCUT2D eigenvalue weighted by Crippen LogP contribution is 2.29. The normalized spacial score (nSPS) is 20.1. The van der Waals surface area contributed by atoms with Gasteiger partial charge < -0.3 is 19.9 Å². The first-order chi connectivity index (χ1) is 12.5. The topological polar surface area (TPSA) is 75.6 Å². The van der Waals surface area contributed by atoms with Gasteiger partial charge in [-0.2, -0.15) is 0 Å². The number of carbonyl (C=O) groups excluding carboxylic acids is 2. The summed E-state index contributed by atoms with van der Waals surface area (Å²) in [5.74, 6) is 0.178. The Labute approximate surface area is 153 Å². The van der Waals surface area contributed by atoms with Crippen LogP contribution >= 0.6 is 0 Å². The Kier molecular flexibility index (Phi) is 5.61. The summed E-state index contributed by atoms with van der Waals surface area (Å²) < 4.78 is 4.86. The number of anilines is 1. The van der Waals surface area contributed by atoms with E-state index >= 15 is 0 Å². The maximum absolute atomic E-state index is 12.5. The van der Waals surface area contributed by atoms with E-state index in [0.29, 0.717) is 17.8 Å². The minimum Gasteiger partial charge on any atom is -0.464 e. The van der Waals surface area contributed by atoms with Crippen molar-refractivity contribution >= 4 is 28.5 Å². The molecule has 3 N–H and O–H groups in total. The van der Waals surface area contributed by atoms with E-state index < -0.39 is 5.97 Å². The number of nitrogens with one attached hydrogen (secondary N) is 3. The zero-order valence-electron chi connectivity index (χ0n) is 15.8. The Balaban J connectivity index is 1.75. The largest absolute Gasteiger partial charge is 0.464 e. The van der Waals surface area contributed by atoms with Crippen LogP contribution in [-0.4, -0.2) is 43.6 Å². The molecule has 26 heavy (non-hydrogen) atoms. The second kappa shape index (κ2) is 7.91. The number of esters is 1. The molecule has 140 valence electrons. The Hall–Kier alpha value is -2.34. The van der Waals surface area contributed by atoms with Gasteiger partial charge in [0.2, 0.25) is 5.91 Å². The second-order valence-electron chi connectivity index (χ2n) is 7.42. The summed E-state index contributed by atoms with van der Waals surface area (Å²) in [6.07, 6.45) is 2.96. The minimum atomic E-state index is -0.482. The van der Waals surface area contributed by atoms with Crippen LogP contribution < -0.4 is 10.2 Å². The number of carbonyl (C=O) groups is 2. The molecule has 2 atom stereocenters. The molecule has 0 saturated carbocycles. The molecule has 1 saturated heterocycles. The number of ether oxygens (including phenoxy) is 1. The lowest BCUT2D eigenvalue weighted by Gasteiger charge is -2.27. The van der Waals surface area contributed by atoms with Gasteiger partial charge in [-0.1, -0.05) is 18.6 Å².